The van der Waals surface area contributed by atoms with Gasteiger partial charge in [0.15, 0.2) is 0 Å². The van der Waals surface area contributed by atoms with E-state index >= 15 is 0 Å². The highest BCUT2D eigenvalue weighted by Gasteiger charge is 2.16. The molecule has 0 N–H and O–H groups in total. The van der Waals surface area contributed by atoms with Crippen molar-refractivity contribution in [2.24, 2.45) is 5.92 Å². The van der Waals surface area contributed by atoms with Gasteiger partial charge in [0.05, 0.1) is 6.20 Å². The van der Waals surface area contributed by atoms with Gasteiger partial charge in [0, 0.05) is 12.1 Å². The van der Waals surface area contributed by atoms with Gasteiger partial charge in [0.25, 0.3) is 0 Å². The molecule has 1 saturated carbocycles. The largest absolute Gasteiger partial charge is 0.252 e. The van der Waals surface area contributed by atoms with Gasteiger partial charge in [-0.15, -0.1) is 5.10 Å². The molecule has 3 heteroatoms. The molecule has 17 heavy (non-hydrogen) atoms. The quantitative estimate of drug-likeness (QED) is 0.806. The Balaban J connectivity index is 1.74. The van der Waals surface area contributed by atoms with Crippen LogP contribution >= 0.6 is 0 Å². The summed E-state index contributed by atoms with van der Waals surface area (Å²) in [7, 11) is 0. The summed E-state index contributed by atoms with van der Waals surface area (Å²) in [6.45, 7) is 1.03. The van der Waals surface area contributed by atoms with E-state index in [2.05, 4.69) is 28.6 Å². The molecule has 0 amide bonds. The maximum absolute atomic E-state index is 4.24. The van der Waals surface area contributed by atoms with E-state index in [0.29, 0.717) is 0 Å². The van der Waals surface area contributed by atoms with Crippen molar-refractivity contribution >= 4 is 0 Å². The molecule has 0 bridgehead atoms. The van der Waals surface area contributed by atoms with Gasteiger partial charge in [0.1, 0.15) is 5.69 Å². The molecule has 2 aromatic rings. The molecule has 0 saturated heterocycles. The van der Waals surface area contributed by atoms with Gasteiger partial charge in [-0.25, -0.2) is 0 Å². The predicted molar refractivity (Wildman–Crippen MR) is 67.4 cm³/mol. The van der Waals surface area contributed by atoms with E-state index in [1.807, 2.05) is 22.9 Å². The third-order valence-electron chi connectivity index (χ3n) is 3.53. The lowest BCUT2D eigenvalue weighted by atomic mass is 10.1. The van der Waals surface area contributed by atoms with Gasteiger partial charge < -0.3 is 0 Å². The maximum atomic E-state index is 4.24. The normalized spacial score (nSPS) is 16.5. The number of nitrogens with zero attached hydrogens (tertiary/aromatic N) is 3. The van der Waals surface area contributed by atoms with Crippen LogP contribution in [0.25, 0.3) is 11.3 Å². The summed E-state index contributed by atoms with van der Waals surface area (Å²) in [6, 6.07) is 10.2. The van der Waals surface area contributed by atoms with E-state index in [0.717, 1.165) is 23.7 Å². The zero-order valence-corrected chi connectivity index (χ0v) is 9.92. The summed E-state index contributed by atoms with van der Waals surface area (Å²) in [5, 5.41) is 8.46. The molecule has 0 unspecified atom stereocenters. The van der Waals surface area contributed by atoms with Crippen LogP contribution in [0.4, 0.5) is 0 Å². The van der Waals surface area contributed by atoms with E-state index in [1.54, 1.807) is 0 Å². The predicted octanol–water partition coefficient (Wildman–Crippen LogP) is 3.14. The fourth-order valence-corrected chi connectivity index (χ4v) is 2.59. The second kappa shape index (κ2) is 4.70. The number of hydrogen-bond donors (Lipinski definition) is 0. The Morgan fingerprint density at radius 3 is 2.65 bits per heavy atom. The second-order valence-electron chi connectivity index (χ2n) is 4.84. The van der Waals surface area contributed by atoms with Crippen LogP contribution < -0.4 is 0 Å². The van der Waals surface area contributed by atoms with Crippen molar-refractivity contribution in [3.8, 4) is 11.3 Å². The molecule has 88 valence electrons. The van der Waals surface area contributed by atoms with E-state index in [-0.39, 0.29) is 0 Å². The number of benzene rings is 1. The first-order chi connectivity index (χ1) is 8.42. The van der Waals surface area contributed by atoms with Crippen molar-refractivity contribution in [1.29, 1.82) is 0 Å². The molecule has 0 spiro atoms. The third-order valence-corrected chi connectivity index (χ3v) is 3.53. The van der Waals surface area contributed by atoms with E-state index < -0.39 is 0 Å². The zero-order chi connectivity index (χ0) is 11.5. The van der Waals surface area contributed by atoms with Crippen molar-refractivity contribution in [3.63, 3.8) is 0 Å². The molecule has 3 nitrogen and oxygen atoms in total. The minimum atomic E-state index is 0.806. The van der Waals surface area contributed by atoms with Crippen molar-refractivity contribution in [3.05, 3.63) is 36.5 Å². The zero-order valence-electron chi connectivity index (χ0n) is 9.92. The lowest BCUT2D eigenvalue weighted by Gasteiger charge is -2.06. The first-order valence-corrected chi connectivity index (χ1v) is 6.37. The average molecular weight is 227 g/mol. The Morgan fingerprint density at radius 2 is 1.88 bits per heavy atom. The van der Waals surface area contributed by atoms with Crippen LogP contribution in [0.2, 0.25) is 0 Å². The Kier molecular flexibility index (Phi) is 2.90. The first-order valence-electron chi connectivity index (χ1n) is 6.37. The second-order valence-corrected chi connectivity index (χ2v) is 4.84. The molecule has 0 aliphatic heterocycles. The lowest BCUT2D eigenvalue weighted by Crippen LogP contribution is -2.07. The van der Waals surface area contributed by atoms with E-state index in [9.17, 15) is 0 Å². The van der Waals surface area contributed by atoms with Gasteiger partial charge in [-0.05, 0) is 18.8 Å². The lowest BCUT2D eigenvalue weighted by molar-refractivity contribution is 0.421. The SMILES string of the molecule is c1ccc(-c2cn(CC3CCCC3)nn2)cc1. The monoisotopic (exact) mass is 227 g/mol. The van der Waals surface area contributed by atoms with Crippen LogP contribution in [-0.4, -0.2) is 15.0 Å². The van der Waals surface area contributed by atoms with E-state index in [1.165, 1.54) is 25.7 Å². The summed E-state index contributed by atoms with van der Waals surface area (Å²) in [5.41, 5.74) is 2.12. The van der Waals surface area contributed by atoms with Crippen LogP contribution in [0.3, 0.4) is 0 Å². The van der Waals surface area contributed by atoms with Crippen molar-refractivity contribution in [2.45, 2.75) is 32.2 Å². The van der Waals surface area contributed by atoms with Gasteiger partial charge in [0.2, 0.25) is 0 Å². The summed E-state index contributed by atoms with van der Waals surface area (Å²) in [5.74, 6) is 0.806. The molecule has 0 atom stereocenters. The van der Waals surface area contributed by atoms with Crippen LogP contribution in [0, 0.1) is 5.92 Å². The first kappa shape index (κ1) is 10.5. The van der Waals surface area contributed by atoms with Gasteiger partial charge in [-0.2, -0.15) is 0 Å². The molecule has 3 rings (SSSR count). The van der Waals surface area contributed by atoms with Gasteiger partial charge in [-0.1, -0.05) is 48.4 Å². The molecule has 1 aromatic carbocycles. The molecule has 1 fully saturated rings. The molecule has 1 aromatic heterocycles. The fraction of sp³-hybridized carbons (Fsp3) is 0.429. The summed E-state index contributed by atoms with van der Waals surface area (Å²) < 4.78 is 2.00. The Hall–Kier alpha value is -1.64. The van der Waals surface area contributed by atoms with Crippen LogP contribution in [-0.2, 0) is 6.54 Å². The Bertz CT molecular complexity index is 469. The van der Waals surface area contributed by atoms with Crippen molar-refractivity contribution in [1.82, 2.24) is 15.0 Å². The molecule has 1 aliphatic carbocycles. The highest BCUT2D eigenvalue weighted by molar-refractivity contribution is 5.57. The number of rotatable bonds is 3. The smallest absolute Gasteiger partial charge is 0.113 e. The molecular weight excluding hydrogens is 210 g/mol. The Labute approximate surface area is 101 Å². The maximum Gasteiger partial charge on any atom is 0.113 e. The summed E-state index contributed by atoms with van der Waals surface area (Å²) in [4.78, 5) is 0. The number of hydrogen-bond acceptors (Lipinski definition) is 2. The van der Waals surface area contributed by atoms with Crippen LogP contribution in [0.5, 0.6) is 0 Å². The molecule has 1 aliphatic rings. The summed E-state index contributed by atoms with van der Waals surface area (Å²) in [6.07, 6.45) is 7.52. The van der Waals surface area contributed by atoms with E-state index in [4.69, 9.17) is 0 Å². The van der Waals surface area contributed by atoms with Gasteiger partial charge >= 0.3 is 0 Å². The molecule has 0 radical (unpaired) electrons. The van der Waals surface area contributed by atoms with Gasteiger partial charge in [-0.3, -0.25) is 4.68 Å². The third kappa shape index (κ3) is 2.38. The number of aromatic nitrogens is 3. The minimum Gasteiger partial charge on any atom is -0.252 e. The molecule has 1 heterocycles. The van der Waals surface area contributed by atoms with Crippen molar-refractivity contribution < 1.29 is 0 Å². The van der Waals surface area contributed by atoms with Crippen LogP contribution in [0.15, 0.2) is 36.5 Å². The fourth-order valence-electron chi connectivity index (χ4n) is 2.59. The molecular formula is C14H17N3. The highest BCUT2D eigenvalue weighted by Crippen LogP contribution is 2.26. The standard InChI is InChI=1S/C14H17N3/c1-2-8-13(9-3-1)14-11-17(16-15-14)10-12-6-4-5-7-12/h1-3,8-9,11-12H,4-7,10H2. The highest BCUT2D eigenvalue weighted by atomic mass is 15.4. The minimum absolute atomic E-state index is 0.806. The van der Waals surface area contributed by atoms with Crippen molar-refractivity contribution in [2.75, 3.05) is 0 Å². The van der Waals surface area contributed by atoms with Crippen LogP contribution in [0.1, 0.15) is 25.7 Å². The topological polar surface area (TPSA) is 30.7 Å². The Morgan fingerprint density at radius 1 is 1.12 bits per heavy atom. The average Bonchev–Trinajstić information content (AvgIpc) is 3.02. The summed E-state index contributed by atoms with van der Waals surface area (Å²) >= 11 is 0.